The van der Waals surface area contributed by atoms with E-state index in [-0.39, 0.29) is 17.5 Å². The van der Waals surface area contributed by atoms with Crippen LogP contribution in [0.4, 0.5) is 5.69 Å². The maximum atomic E-state index is 13.1. The molecule has 0 aliphatic carbocycles. The Kier molecular flexibility index (Phi) is 4.70. The molecule has 7 nitrogen and oxygen atoms in total. The van der Waals surface area contributed by atoms with Gasteiger partial charge in [-0.1, -0.05) is 24.3 Å². The fourth-order valence-corrected chi connectivity index (χ4v) is 3.96. The summed E-state index contributed by atoms with van der Waals surface area (Å²) in [6.07, 6.45) is 2.48. The smallest absolute Gasteiger partial charge is 0.268 e. The Morgan fingerprint density at radius 2 is 1.78 bits per heavy atom. The molecular weight excluding hydrogens is 342 g/mol. The van der Waals surface area contributed by atoms with E-state index in [2.05, 4.69) is 33.1 Å². The van der Waals surface area contributed by atoms with Gasteiger partial charge >= 0.3 is 0 Å². The molecule has 2 aliphatic rings. The van der Waals surface area contributed by atoms with E-state index in [9.17, 15) is 9.59 Å². The number of anilines is 1. The highest BCUT2D eigenvalue weighted by molar-refractivity contribution is 5.83. The third-order valence-electron chi connectivity index (χ3n) is 5.68. The lowest BCUT2D eigenvalue weighted by molar-refractivity contribution is -0.137. The summed E-state index contributed by atoms with van der Waals surface area (Å²) in [5, 5.41) is 4.09. The van der Waals surface area contributed by atoms with E-state index in [1.807, 2.05) is 18.0 Å². The molecule has 142 valence electrons. The number of piperazine rings is 1. The Labute approximate surface area is 158 Å². The molecule has 0 saturated carbocycles. The van der Waals surface area contributed by atoms with Gasteiger partial charge in [0.15, 0.2) is 0 Å². The van der Waals surface area contributed by atoms with E-state index in [1.54, 1.807) is 19.3 Å². The van der Waals surface area contributed by atoms with E-state index < -0.39 is 0 Å². The van der Waals surface area contributed by atoms with Crippen LogP contribution in [0.25, 0.3) is 0 Å². The molecule has 0 bridgehead atoms. The van der Waals surface area contributed by atoms with Crippen LogP contribution < -0.4 is 10.5 Å². The molecule has 1 saturated heterocycles. The Hall–Kier alpha value is -2.67. The summed E-state index contributed by atoms with van der Waals surface area (Å²) < 4.78 is 1.32. The zero-order valence-electron chi connectivity index (χ0n) is 15.8. The first-order chi connectivity index (χ1) is 13.0. The second-order valence-corrected chi connectivity index (χ2v) is 7.39. The number of amides is 1. The van der Waals surface area contributed by atoms with E-state index >= 15 is 0 Å². The van der Waals surface area contributed by atoms with Crippen molar-refractivity contribution in [2.24, 2.45) is 7.05 Å². The first-order valence-corrected chi connectivity index (χ1v) is 9.37. The average molecular weight is 367 g/mol. The van der Waals surface area contributed by atoms with Gasteiger partial charge in [-0.2, -0.15) is 5.10 Å². The van der Waals surface area contributed by atoms with Gasteiger partial charge in [0.05, 0.1) is 17.9 Å². The zero-order chi connectivity index (χ0) is 19.0. The van der Waals surface area contributed by atoms with Crippen molar-refractivity contribution in [2.45, 2.75) is 19.0 Å². The van der Waals surface area contributed by atoms with Crippen LogP contribution in [-0.2, 0) is 24.8 Å². The standard InChI is InChI=1S/C20H25N5O2/c1-22-14-16-6-4-3-5-15(16)11-18(22)20(27)25-9-7-24(8-10-25)17-12-19(26)23(2)21-13-17/h3-6,12-13,18H,7-11,14H2,1-2H3/t18-/m1/s1. The van der Waals surface area contributed by atoms with Crippen molar-refractivity contribution in [3.63, 3.8) is 0 Å². The molecule has 3 heterocycles. The van der Waals surface area contributed by atoms with Crippen LogP contribution in [0, 0.1) is 0 Å². The number of carbonyl (C=O) groups is 1. The van der Waals surface area contributed by atoms with Gasteiger partial charge in [0.25, 0.3) is 5.56 Å². The predicted octanol–water partition coefficient (Wildman–Crippen LogP) is 0.486. The first-order valence-electron chi connectivity index (χ1n) is 9.37. The first kappa shape index (κ1) is 17.7. The van der Waals surface area contributed by atoms with Gasteiger partial charge in [-0.05, 0) is 24.6 Å². The quantitative estimate of drug-likeness (QED) is 0.773. The fraction of sp³-hybridized carbons (Fsp3) is 0.450. The van der Waals surface area contributed by atoms with Crippen LogP contribution >= 0.6 is 0 Å². The molecule has 0 spiro atoms. The SMILES string of the molecule is CN1Cc2ccccc2C[C@@H]1C(=O)N1CCN(c2cnn(C)c(=O)c2)CC1. The molecule has 1 atom stereocenters. The summed E-state index contributed by atoms with van der Waals surface area (Å²) in [4.78, 5) is 31.2. The number of carbonyl (C=O) groups excluding carboxylic acids is 1. The highest BCUT2D eigenvalue weighted by Crippen LogP contribution is 2.24. The highest BCUT2D eigenvalue weighted by Gasteiger charge is 2.33. The zero-order valence-corrected chi connectivity index (χ0v) is 15.8. The van der Waals surface area contributed by atoms with Gasteiger partial charge < -0.3 is 9.80 Å². The number of hydrogen-bond donors (Lipinski definition) is 0. The second kappa shape index (κ2) is 7.15. The van der Waals surface area contributed by atoms with Gasteiger partial charge in [0, 0.05) is 45.8 Å². The summed E-state index contributed by atoms with van der Waals surface area (Å²) in [5.41, 5.74) is 3.30. The summed E-state index contributed by atoms with van der Waals surface area (Å²) >= 11 is 0. The Balaban J connectivity index is 1.41. The lowest BCUT2D eigenvalue weighted by atomic mass is 9.93. The summed E-state index contributed by atoms with van der Waals surface area (Å²) in [5.74, 6) is 0.203. The molecule has 1 amide bonds. The number of aromatic nitrogens is 2. The Morgan fingerprint density at radius 1 is 1.07 bits per heavy atom. The van der Waals surface area contributed by atoms with Gasteiger partial charge in [-0.3, -0.25) is 14.5 Å². The van der Waals surface area contributed by atoms with E-state index in [1.165, 1.54) is 15.8 Å². The van der Waals surface area contributed by atoms with Crippen LogP contribution in [0.1, 0.15) is 11.1 Å². The lowest BCUT2D eigenvalue weighted by Gasteiger charge is -2.40. The van der Waals surface area contributed by atoms with Crippen molar-refractivity contribution >= 4 is 11.6 Å². The van der Waals surface area contributed by atoms with Gasteiger partial charge in [-0.25, -0.2) is 4.68 Å². The summed E-state index contributed by atoms with van der Waals surface area (Å²) in [7, 11) is 3.67. The molecule has 0 N–H and O–H groups in total. The normalized spacial score (nSPS) is 20.4. The van der Waals surface area contributed by atoms with Crippen LogP contribution in [0.5, 0.6) is 0 Å². The fourth-order valence-electron chi connectivity index (χ4n) is 3.96. The Morgan fingerprint density at radius 3 is 2.48 bits per heavy atom. The molecule has 4 rings (SSSR count). The molecule has 2 aromatic rings. The lowest BCUT2D eigenvalue weighted by Crippen LogP contribution is -2.55. The maximum Gasteiger partial charge on any atom is 0.268 e. The monoisotopic (exact) mass is 367 g/mol. The molecule has 0 radical (unpaired) electrons. The average Bonchev–Trinajstić information content (AvgIpc) is 2.69. The van der Waals surface area contributed by atoms with Gasteiger partial charge in [0.1, 0.15) is 0 Å². The van der Waals surface area contributed by atoms with Crippen molar-refractivity contribution in [2.75, 3.05) is 38.1 Å². The van der Waals surface area contributed by atoms with E-state index in [4.69, 9.17) is 0 Å². The third-order valence-corrected chi connectivity index (χ3v) is 5.68. The van der Waals surface area contributed by atoms with E-state index in [0.29, 0.717) is 26.2 Å². The van der Waals surface area contributed by atoms with Crippen LogP contribution in [0.3, 0.4) is 0 Å². The number of aryl methyl sites for hydroxylation is 1. The maximum absolute atomic E-state index is 13.1. The third kappa shape index (κ3) is 3.47. The predicted molar refractivity (Wildman–Crippen MR) is 104 cm³/mol. The Bertz CT molecular complexity index is 901. The molecule has 1 fully saturated rings. The minimum atomic E-state index is -0.117. The number of benzene rings is 1. The van der Waals surface area contributed by atoms with E-state index in [0.717, 1.165) is 18.7 Å². The van der Waals surface area contributed by atoms with Crippen LogP contribution in [0.15, 0.2) is 41.3 Å². The van der Waals surface area contributed by atoms with Crippen LogP contribution in [0.2, 0.25) is 0 Å². The van der Waals surface area contributed by atoms with Crippen molar-refractivity contribution in [3.8, 4) is 0 Å². The molecule has 2 aliphatic heterocycles. The number of fused-ring (bicyclic) bond motifs is 1. The highest BCUT2D eigenvalue weighted by atomic mass is 16.2. The number of rotatable bonds is 2. The summed E-state index contributed by atoms with van der Waals surface area (Å²) in [6, 6.07) is 9.88. The molecule has 1 aromatic heterocycles. The van der Waals surface area contributed by atoms with Crippen molar-refractivity contribution in [1.82, 2.24) is 19.6 Å². The topological polar surface area (TPSA) is 61.7 Å². The number of nitrogens with zero attached hydrogens (tertiary/aromatic N) is 5. The minimum Gasteiger partial charge on any atom is -0.367 e. The minimum absolute atomic E-state index is 0.0999. The molecular formula is C20H25N5O2. The van der Waals surface area contributed by atoms with Gasteiger partial charge in [-0.15, -0.1) is 0 Å². The number of hydrogen-bond acceptors (Lipinski definition) is 5. The number of likely N-dealkylation sites (N-methyl/N-ethyl adjacent to an activating group) is 1. The van der Waals surface area contributed by atoms with Crippen molar-refractivity contribution in [1.29, 1.82) is 0 Å². The van der Waals surface area contributed by atoms with Crippen LogP contribution in [-0.4, -0.2) is 64.8 Å². The second-order valence-electron chi connectivity index (χ2n) is 7.39. The van der Waals surface area contributed by atoms with Crippen molar-refractivity contribution in [3.05, 3.63) is 58.0 Å². The molecule has 1 aromatic carbocycles. The van der Waals surface area contributed by atoms with Crippen molar-refractivity contribution < 1.29 is 4.79 Å². The molecule has 0 unspecified atom stereocenters. The molecule has 7 heteroatoms. The molecule has 27 heavy (non-hydrogen) atoms. The summed E-state index contributed by atoms with van der Waals surface area (Å²) in [6.45, 7) is 3.58. The van der Waals surface area contributed by atoms with Gasteiger partial charge in [0.2, 0.25) is 5.91 Å². The largest absolute Gasteiger partial charge is 0.367 e.